The number of carbonyl (C=O) groups is 1. The van der Waals surface area contributed by atoms with Crippen LogP contribution in [0, 0.1) is 5.92 Å². The molecule has 23 heavy (non-hydrogen) atoms. The number of rotatable bonds is 5. The lowest BCUT2D eigenvalue weighted by Gasteiger charge is -2.22. The Bertz CT molecular complexity index is 790. The predicted molar refractivity (Wildman–Crippen MR) is 86.8 cm³/mol. The zero-order valence-corrected chi connectivity index (χ0v) is 13.9. The lowest BCUT2D eigenvalue weighted by Crippen LogP contribution is -2.40. The number of aliphatic imine (C=N–C) groups is 1. The van der Waals surface area contributed by atoms with E-state index in [2.05, 4.69) is 25.5 Å². The van der Waals surface area contributed by atoms with Gasteiger partial charge in [-0.1, -0.05) is 13.8 Å². The zero-order valence-electron chi connectivity index (χ0n) is 13.1. The molecule has 3 rings (SSSR count). The van der Waals surface area contributed by atoms with Crippen LogP contribution < -0.4 is 5.73 Å². The van der Waals surface area contributed by atoms with Crippen LogP contribution in [0.3, 0.4) is 0 Å². The number of nitrogens with zero attached hydrogens (tertiary/aromatic N) is 6. The molecule has 2 aromatic rings. The summed E-state index contributed by atoms with van der Waals surface area (Å²) in [5.41, 5.74) is 5.89. The highest BCUT2D eigenvalue weighted by Crippen LogP contribution is 2.36. The van der Waals surface area contributed by atoms with Crippen LogP contribution >= 0.6 is 11.3 Å². The number of amides is 1. The Balaban J connectivity index is 2.18. The zero-order chi connectivity index (χ0) is 16.6. The van der Waals surface area contributed by atoms with Gasteiger partial charge in [0.2, 0.25) is 5.91 Å². The third-order valence-corrected chi connectivity index (χ3v) is 4.37. The van der Waals surface area contributed by atoms with Crippen molar-refractivity contribution in [3.05, 3.63) is 28.5 Å². The van der Waals surface area contributed by atoms with Crippen molar-refractivity contribution >= 4 is 28.5 Å². The predicted octanol–water partition coefficient (Wildman–Crippen LogP) is 0.823. The molecule has 0 fully saturated rings. The first-order chi connectivity index (χ1) is 10.9. The summed E-state index contributed by atoms with van der Waals surface area (Å²) >= 11 is 1.45. The van der Waals surface area contributed by atoms with Crippen LogP contribution in [0.4, 0.5) is 0 Å². The summed E-state index contributed by atoms with van der Waals surface area (Å²) in [6.07, 6.45) is 3.99. The second-order valence-corrected chi connectivity index (χ2v) is 6.76. The molecule has 0 bridgehead atoms. The summed E-state index contributed by atoms with van der Waals surface area (Å²) < 4.78 is 1.54. The Kier molecular flexibility index (Phi) is 3.80. The molecular formula is C14H17N7OS. The van der Waals surface area contributed by atoms with Gasteiger partial charge in [-0.05, 0) is 28.8 Å². The van der Waals surface area contributed by atoms with Gasteiger partial charge in [0.25, 0.3) is 0 Å². The van der Waals surface area contributed by atoms with Crippen molar-refractivity contribution in [3.63, 3.8) is 0 Å². The second kappa shape index (κ2) is 5.65. The molecule has 2 aromatic heterocycles. The molecule has 3 heterocycles. The molecule has 1 aliphatic rings. The number of primary amides is 1. The first-order valence-corrected chi connectivity index (χ1v) is 8.06. The van der Waals surface area contributed by atoms with Gasteiger partial charge in [-0.15, -0.1) is 16.4 Å². The van der Waals surface area contributed by atoms with Crippen molar-refractivity contribution in [2.75, 3.05) is 0 Å². The molecule has 0 saturated heterocycles. The fourth-order valence-corrected chi connectivity index (χ4v) is 3.32. The number of aryl methyl sites for hydroxylation is 1. The maximum atomic E-state index is 12.2. The Morgan fingerprint density at radius 1 is 1.48 bits per heavy atom. The van der Waals surface area contributed by atoms with Crippen molar-refractivity contribution in [3.8, 4) is 0 Å². The number of allylic oxidation sites excluding steroid dienone is 1. The van der Waals surface area contributed by atoms with Crippen LogP contribution in [0.25, 0.3) is 5.57 Å². The normalized spacial score (nSPS) is 20.7. The van der Waals surface area contributed by atoms with Crippen LogP contribution in [-0.2, 0) is 11.8 Å². The van der Waals surface area contributed by atoms with E-state index in [-0.39, 0.29) is 5.92 Å². The maximum Gasteiger partial charge on any atom is 0.249 e. The highest BCUT2D eigenvalue weighted by molar-refractivity contribution is 7.12. The van der Waals surface area contributed by atoms with Crippen LogP contribution in [0.2, 0.25) is 0 Å². The lowest BCUT2D eigenvalue weighted by atomic mass is 9.88. The van der Waals surface area contributed by atoms with E-state index in [0.717, 1.165) is 0 Å². The topological polar surface area (TPSA) is 112 Å². The van der Waals surface area contributed by atoms with Crippen molar-refractivity contribution < 1.29 is 4.79 Å². The van der Waals surface area contributed by atoms with Gasteiger partial charge in [-0.3, -0.25) is 9.79 Å². The highest BCUT2D eigenvalue weighted by atomic mass is 32.1. The van der Waals surface area contributed by atoms with Gasteiger partial charge in [0, 0.05) is 24.2 Å². The van der Waals surface area contributed by atoms with Crippen molar-refractivity contribution in [2.24, 2.45) is 23.7 Å². The summed E-state index contributed by atoms with van der Waals surface area (Å²) in [4.78, 5) is 21.1. The third kappa shape index (κ3) is 2.67. The van der Waals surface area contributed by atoms with E-state index in [1.54, 1.807) is 24.0 Å². The molecule has 0 aromatic carbocycles. The number of tetrazole rings is 1. The van der Waals surface area contributed by atoms with Gasteiger partial charge < -0.3 is 5.73 Å². The van der Waals surface area contributed by atoms with Crippen molar-refractivity contribution in [1.29, 1.82) is 0 Å². The molecule has 0 radical (unpaired) electrons. The number of hydrogen-bond donors (Lipinski definition) is 1. The molecule has 0 saturated carbocycles. The quantitative estimate of drug-likeness (QED) is 0.872. The lowest BCUT2D eigenvalue weighted by molar-refractivity contribution is -0.121. The summed E-state index contributed by atoms with van der Waals surface area (Å²) in [5.74, 6) is 0.299. The van der Waals surface area contributed by atoms with Crippen LogP contribution in [-0.4, -0.2) is 42.3 Å². The molecule has 1 atom stereocenters. The third-order valence-electron chi connectivity index (χ3n) is 3.59. The Labute approximate surface area is 137 Å². The SMILES string of the molecule is CC(C)C[C@@]1(C(N)=O)C=C(c2nnnn2C)C(c2nccs2)=N1. The van der Waals surface area contributed by atoms with Gasteiger partial charge in [-0.2, -0.15) is 0 Å². The van der Waals surface area contributed by atoms with E-state index in [1.165, 1.54) is 11.3 Å². The molecule has 0 spiro atoms. The first kappa shape index (κ1) is 15.5. The number of aromatic nitrogens is 5. The van der Waals surface area contributed by atoms with Gasteiger partial charge in [0.05, 0.1) is 0 Å². The first-order valence-electron chi connectivity index (χ1n) is 7.18. The van der Waals surface area contributed by atoms with E-state index >= 15 is 0 Å². The fourth-order valence-electron chi connectivity index (χ4n) is 2.68. The van der Waals surface area contributed by atoms with Gasteiger partial charge >= 0.3 is 0 Å². The highest BCUT2D eigenvalue weighted by Gasteiger charge is 2.42. The molecular weight excluding hydrogens is 314 g/mol. The summed E-state index contributed by atoms with van der Waals surface area (Å²) in [6.45, 7) is 4.05. The van der Waals surface area contributed by atoms with E-state index in [4.69, 9.17) is 5.73 Å². The fraction of sp³-hybridized carbons (Fsp3) is 0.429. The number of thiazole rings is 1. The Morgan fingerprint density at radius 3 is 2.78 bits per heavy atom. The minimum absolute atomic E-state index is 0.247. The number of carbonyl (C=O) groups excluding carboxylic acids is 1. The number of nitrogens with two attached hydrogens (primary N) is 1. The molecule has 0 aliphatic carbocycles. The van der Waals surface area contributed by atoms with Gasteiger partial charge in [0.1, 0.15) is 10.7 Å². The number of hydrogen-bond acceptors (Lipinski definition) is 7. The molecule has 1 amide bonds. The van der Waals surface area contributed by atoms with Gasteiger partial charge in [-0.25, -0.2) is 9.67 Å². The monoisotopic (exact) mass is 331 g/mol. The summed E-state index contributed by atoms with van der Waals surface area (Å²) in [6, 6.07) is 0. The second-order valence-electron chi connectivity index (χ2n) is 5.87. The minimum Gasteiger partial charge on any atom is -0.367 e. The Morgan fingerprint density at radius 2 is 2.26 bits per heavy atom. The van der Waals surface area contributed by atoms with Gasteiger partial charge in [0.15, 0.2) is 11.4 Å². The van der Waals surface area contributed by atoms with E-state index in [9.17, 15) is 4.79 Å². The standard InChI is InChI=1S/C14H17N7OS/c1-8(2)6-14(13(15)22)7-9(11-18-19-20-21(11)3)10(17-14)12-16-4-5-23-12/h4-5,7-8H,6H2,1-3H3,(H2,15,22)/t14-/m0/s1. The maximum absolute atomic E-state index is 12.2. The van der Waals surface area contributed by atoms with Crippen molar-refractivity contribution in [1.82, 2.24) is 25.2 Å². The molecule has 9 heteroatoms. The molecule has 8 nitrogen and oxygen atoms in total. The van der Waals surface area contributed by atoms with Crippen LogP contribution in [0.1, 0.15) is 31.1 Å². The van der Waals surface area contributed by atoms with Crippen LogP contribution in [0.15, 0.2) is 22.6 Å². The molecule has 120 valence electrons. The van der Waals surface area contributed by atoms with E-state index < -0.39 is 11.4 Å². The largest absolute Gasteiger partial charge is 0.367 e. The Hall–Kier alpha value is -2.42. The average molecular weight is 331 g/mol. The average Bonchev–Trinajstić information content (AvgIpc) is 3.16. The summed E-state index contributed by atoms with van der Waals surface area (Å²) in [7, 11) is 1.74. The van der Waals surface area contributed by atoms with Crippen LogP contribution in [0.5, 0.6) is 0 Å². The van der Waals surface area contributed by atoms with E-state index in [0.29, 0.717) is 28.5 Å². The van der Waals surface area contributed by atoms with E-state index in [1.807, 2.05) is 19.2 Å². The molecule has 2 N–H and O–H groups in total. The smallest absolute Gasteiger partial charge is 0.249 e. The minimum atomic E-state index is -1.09. The molecule has 1 aliphatic heterocycles. The molecule has 0 unspecified atom stereocenters. The summed E-state index contributed by atoms with van der Waals surface area (Å²) in [5, 5.41) is 14.1. The van der Waals surface area contributed by atoms with Crippen molar-refractivity contribution in [2.45, 2.75) is 25.8 Å².